The summed E-state index contributed by atoms with van der Waals surface area (Å²) in [5.41, 5.74) is 3.56. The molecule has 2 N–H and O–H groups in total. The van der Waals surface area contributed by atoms with Crippen molar-refractivity contribution in [3.63, 3.8) is 0 Å². The highest BCUT2D eigenvalue weighted by Crippen LogP contribution is 2.27. The molecule has 0 aliphatic carbocycles. The van der Waals surface area contributed by atoms with Crippen LogP contribution in [0.1, 0.15) is 16.8 Å². The van der Waals surface area contributed by atoms with E-state index in [9.17, 15) is 9.90 Å². The van der Waals surface area contributed by atoms with Crippen molar-refractivity contribution in [2.45, 2.75) is 12.0 Å². The van der Waals surface area contributed by atoms with Crippen molar-refractivity contribution >= 4 is 29.0 Å². The van der Waals surface area contributed by atoms with Crippen LogP contribution in [-0.4, -0.2) is 39.6 Å². The lowest BCUT2D eigenvalue weighted by Gasteiger charge is -2.21. The number of hydrogen-bond acceptors (Lipinski definition) is 5. The van der Waals surface area contributed by atoms with Crippen LogP contribution in [-0.2, 0) is 0 Å². The maximum absolute atomic E-state index is 12.1. The Morgan fingerprint density at radius 3 is 2.81 bits per heavy atom. The number of amides is 1. The van der Waals surface area contributed by atoms with E-state index in [1.54, 1.807) is 40.7 Å². The first-order valence-electron chi connectivity index (χ1n) is 6.73. The summed E-state index contributed by atoms with van der Waals surface area (Å²) < 4.78 is 0. The highest BCUT2D eigenvalue weighted by molar-refractivity contribution is 7.99. The Balaban J connectivity index is 1.62. The molecule has 1 aromatic carbocycles. The number of rotatable bonds is 4. The van der Waals surface area contributed by atoms with Gasteiger partial charge in [-0.2, -0.15) is 11.8 Å². The molecule has 1 fully saturated rings. The Labute approximate surface area is 131 Å². The SMILES string of the molecule is O=C(NCC1(O)CCSC1)c1ccc(-c2cscn2)cc1. The lowest BCUT2D eigenvalue weighted by Crippen LogP contribution is -2.42. The van der Waals surface area contributed by atoms with E-state index in [-0.39, 0.29) is 5.91 Å². The summed E-state index contributed by atoms with van der Waals surface area (Å²) in [6.45, 7) is 0.312. The Bertz CT molecular complexity index is 605. The molecule has 1 saturated heterocycles. The van der Waals surface area contributed by atoms with Gasteiger partial charge in [-0.25, -0.2) is 4.98 Å². The van der Waals surface area contributed by atoms with E-state index in [0.29, 0.717) is 17.9 Å². The standard InChI is InChI=1S/C15H16N2O2S2/c18-14(16-8-15(19)5-6-20-9-15)12-3-1-11(2-4-12)13-7-21-10-17-13/h1-4,7,10,19H,5-6,8-9H2,(H,16,18). The minimum absolute atomic E-state index is 0.148. The summed E-state index contributed by atoms with van der Waals surface area (Å²) in [6.07, 6.45) is 0.737. The molecule has 110 valence electrons. The van der Waals surface area contributed by atoms with Crippen molar-refractivity contribution in [2.24, 2.45) is 0 Å². The topological polar surface area (TPSA) is 62.2 Å². The van der Waals surface area contributed by atoms with E-state index in [1.807, 2.05) is 17.5 Å². The van der Waals surface area contributed by atoms with Gasteiger partial charge >= 0.3 is 0 Å². The van der Waals surface area contributed by atoms with Crippen LogP contribution in [0.4, 0.5) is 0 Å². The minimum Gasteiger partial charge on any atom is -0.387 e. The summed E-state index contributed by atoms with van der Waals surface area (Å²) in [4.78, 5) is 16.3. The van der Waals surface area contributed by atoms with Crippen molar-refractivity contribution in [1.82, 2.24) is 10.3 Å². The van der Waals surface area contributed by atoms with Gasteiger partial charge in [0.15, 0.2) is 0 Å². The van der Waals surface area contributed by atoms with Crippen LogP contribution in [0.15, 0.2) is 35.2 Å². The molecule has 0 bridgehead atoms. The second-order valence-corrected chi connectivity index (χ2v) is 6.98. The van der Waals surface area contributed by atoms with E-state index in [1.165, 1.54) is 0 Å². The van der Waals surface area contributed by atoms with E-state index in [0.717, 1.165) is 23.4 Å². The summed E-state index contributed by atoms with van der Waals surface area (Å²) in [5, 5.41) is 15.0. The van der Waals surface area contributed by atoms with Gasteiger partial charge in [0.1, 0.15) is 0 Å². The number of nitrogens with one attached hydrogen (secondary N) is 1. The van der Waals surface area contributed by atoms with Crippen molar-refractivity contribution in [2.75, 3.05) is 18.1 Å². The third-order valence-electron chi connectivity index (χ3n) is 3.54. The van der Waals surface area contributed by atoms with Crippen LogP contribution < -0.4 is 5.32 Å². The molecule has 1 aromatic heterocycles. The predicted molar refractivity (Wildman–Crippen MR) is 86.8 cm³/mol. The number of carbonyl (C=O) groups is 1. The number of benzene rings is 1. The average molecular weight is 320 g/mol. The van der Waals surface area contributed by atoms with Crippen LogP contribution in [0.3, 0.4) is 0 Å². The van der Waals surface area contributed by atoms with Gasteiger partial charge in [0.05, 0.1) is 16.8 Å². The number of aliphatic hydroxyl groups is 1. The van der Waals surface area contributed by atoms with Gasteiger partial charge in [-0.05, 0) is 24.3 Å². The number of thioether (sulfide) groups is 1. The van der Waals surface area contributed by atoms with Gasteiger partial charge in [0, 0.05) is 28.8 Å². The van der Waals surface area contributed by atoms with E-state index < -0.39 is 5.60 Å². The fourth-order valence-corrected chi connectivity index (χ4v) is 4.09. The fourth-order valence-electron chi connectivity index (χ4n) is 2.23. The number of nitrogens with zero attached hydrogens (tertiary/aromatic N) is 1. The quantitative estimate of drug-likeness (QED) is 0.908. The largest absolute Gasteiger partial charge is 0.387 e. The molecule has 2 heterocycles. The number of thiazole rings is 1. The van der Waals surface area contributed by atoms with Gasteiger partial charge < -0.3 is 10.4 Å². The molecule has 6 heteroatoms. The summed E-state index contributed by atoms with van der Waals surface area (Å²) in [7, 11) is 0. The highest BCUT2D eigenvalue weighted by Gasteiger charge is 2.31. The smallest absolute Gasteiger partial charge is 0.251 e. The number of carbonyl (C=O) groups excluding carboxylic acids is 1. The van der Waals surface area contributed by atoms with Gasteiger partial charge in [0.2, 0.25) is 0 Å². The zero-order valence-corrected chi connectivity index (χ0v) is 13.0. The maximum atomic E-state index is 12.1. The molecule has 1 amide bonds. The molecule has 1 unspecified atom stereocenters. The second kappa shape index (κ2) is 6.17. The van der Waals surface area contributed by atoms with Gasteiger partial charge in [-0.1, -0.05) is 12.1 Å². The molecule has 3 rings (SSSR count). The molecule has 4 nitrogen and oxygen atoms in total. The van der Waals surface area contributed by atoms with E-state index in [2.05, 4.69) is 10.3 Å². The Morgan fingerprint density at radius 1 is 1.38 bits per heavy atom. The first-order valence-corrected chi connectivity index (χ1v) is 8.83. The lowest BCUT2D eigenvalue weighted by atomic mass is 10.0. The molecule has 0 spiro atoms. The minimum atomic E-state index is -0.749. The van der Waals surface area contributed by atoms with Crippen molar-refractivity contribution < 1.29 is 9.90 Å². The zero-order chi connectivity index (χ0) is 14.7. The molecule has 21 heavy (non-hydrogen) atoms. The lowest BCUT2D eigenvalue weighted by molar-refractivity contribution is 0.0612. The molecule has 1 aliphatic rings. The molecule has 1 atom stereocenters. The van der Waals surface area contributed by atoms with Crippen LogP contribution in [0, 0.1) is 0 Å². The summed E-state index contributed by atoms with van der Waals surface area (Å²) in [5.74, 6) is 1.50. The second-order valence-electron chi connectivity index (χ2n) is 5.16. The normalized spacial score (nSPS) is 21.4. The number of hydrogen-bond donors (Lipinski definition) is 2. The molecule has 0 radical (unpaired) electrons. The highest BCUT2D eigenvalue weighted by atomic mass is 32.2. The number of aromatic nitrogens is 1. The average Bonchev–Trinajstić information content (AvgIpc) is 3.17. The first kappa shape index (κ1) is 14.6. The van der Waals surface area contributed by atoms with Gasteiger partial charge in [-0.15, -0.1) is 11.3 Å². The Kier molecular flexibility index (Phi) is 4.28. The van der Waals surface area contributed by atoms with Gasteiger partial charge in [-0.3, -0.25) is 4.79 Å². The van der Waals surface area contributed by atoms with Crippen molar-refractivity contribution in [3.8, 4) is 11.3 Å². The Hall–Kier alpha value is -1.37. The maximum Gasteiger partial charge on any atom is 0.251 e. The van der Waals surface area contributed by atoms with Crippen molar-refractivity contribution in [3.05, 3.63) is 40.7 Å². The Morgan fingerprint density at radius 2 is 2.19 bits per heavy atom. The van der Waals surface area contributed by atoms with Crippen LogP contribution in [0.5, 0.6) is 0 Å². The van der Waals surface area contributed by atoms with Gasteiger partial charge in [0.25, 0.3) is 5.91 Å². The third kappa shape index (κ3) is 3.45. The molecule has 2 aromatic rings. The van der Waals surface area contributed by atoms with Crippen molar-refractivity contribution in [1.29, 1.82) is 0 Å². The van der Waals surface area contributed by atoms with E-state index in [4.69, 9.17) is 0 Å². The van der Waals surface area contributed by atoms with Crippen LogP contribution in [0.2, 0.25) is 0 Å². The predicted octanol–water partition coefficient (Wildman–Crippen LogP) is 2.41. The van der Waals surface area contributed by atoms with Crippen LogP contribution >= 0.6 is 23.1 Å². The summed E-state index contributed by atoms with van der Waals surface area (Å²) in [6, 6.07) is 7.36. The molecule has 0 saturated carbocycles. The molecule has 1 aliphatic heterocycles. The molecular formula is C15H16N2O2S2. The van der Waals surface area contributed by atoms with Crippen LogP contribution in [0.25, 0.3) is 11.3 Å². The summed E-state index contributed by atoms with van der Waals surface area (Å²) >= 11 is 3.27. The molecular weight excluding hydrogens is 304 g/mol. The van der Waals surface area contributed by atoms with E-state index >= 15 is 0 Å². The fraction of sp³-hybridized carbons (Fsp3) is 0.333. The third-order valence-corrected chi connectivity index (χ3v) is 5.36. The monoisotopic (exact) mass is 320 g/mol. The first-order chi connectivity index (χ1) is 10.2. The zero-order valence-electron chi connectivity index (χ0n) is 11.4.